The van der Waals surface area contributed by atoms with Crippen molar-refractivity contribution in [1.29, 1.82) is 0 Å². The van der Waals surface area contributed by atoms with Crippen molar-refractivity contribution in [2.45, 2.75) is 57.4 Å². The molecule has 4 heteroatoms. The number of benzene rings is 1. The summed E-state index contributed by atoms with van der Waals surface area (Å²) in [4.78, 5) is 5.24. The van der Waals surface area contributed by atoms with Crippen LogP contribution in [0.1, 0.15) is 56.9 Å². The van der Waals surface area contributed by atoms with E-state index in [9.17, 15) is 0 Å². The molecule has 0 bridgehead atoms. The topological polar surface area (TPSA) is 24.9 Å². The number of hydrogen-bond acceptors (Lipinski definition) is 4. The molecule has 0 N–H and O–H groups in total. The smallest absolute Gasteiger partial charge is 0.122 e. The van der Waals surface area contributed by atoms with Crippen LogP contribution in [0.25, 0.3) is 0 Å². The van der Waals surface area contributed by atoms with Crippen molar-refractivity contribution < 1.29 is 9.47 Å². The molecule has 174 valence electrons. The van der Waals surface area contributed by atoms with Gasteiger partial charge in [-0.3, -0.25) is 4.90 Å². The molecule has 4 rings (SSSR count). The summed E-state index contributed by atoms with van der Waals surface area (Å²) in [6.45, 7) is 12.9. The molecule has 0 amide bonds. The van der Waals surface area contributed by atoms with Gasteiger partial charge in [-0.25, -0.2) is 0 Å². The number of methoxy groups -OCH3 is 1. The minimum absolute atomic E-state index is 0.288. The quantitative estimate of drug-likeness (QED) is 0.395. The second kappa shape index (κ2) is 11.2. The van der Waals surface area contributed by atoms with E-state index in [0.29, 0.717) is 6.04 Å². The number of rotatable bonds is 8. The van der Waals surface area contributed by atoms with Gasteiger partial charge in [0.1, 0.15) is 11.5 Å². The van der Waals surface area contributed by atoms with E-state index in [1.165, 1.54) is 68.4 Å². The van der Waals surface area contributed by atoms with E-state index in [1.54, 1.807) is 7.11 Å². The third-order valence-electron chi connectivity index (χ3n) is 7.40. The second-order valence-electron chi connectivity index (χ2n) is 9.31. The predicted octanol–water partition coefficient (Wildman–Crippen LogP) is 5.54. The monoisotopic (exact) mass is 436 g/mol. The fourth-order valence-corrected chi connectivity index (χ4v) is 5.77. The van der Waals surface area contributed by atoms with Gasteiger partial charge in [0.25, 0.3) is 0 Å². The maximum Gasteiger partial charge on any atom is 0.122 e. The van der Waals surface area contributed by atoms with E-state index in [1.807, 2.05) is 6.08 Å². The van der Waals surface area contributed by atoms with Crippen molar-refractivity contribution in [1.82, 2.24) is 9.80 Å². The predicted molar refractivity (Wildman–Crippen MR) is 132 cm³/mol. The molecule has 3 fully saturated rings. The highest BCUT2D eigenvalue weighted by atomic mass is 16.5. The molecule has 3 aliphatic rings. The van der Waals surface area contributed by atoms with Gasteiger partial charge in [-0.1, -0.05) is 31.2 Å². The van der Waals surface area contributed by atoms with Gasteiger partial charge in [-0.05, 0) is 88.0 Å². The number of hydrogen-bond donors (Lipinski definition) is 0. The van der Waals surface area contributed by atoms with E-state index in [0.717, 1.165) is 37.6 Å². The van der Waals surface area contributed by atoms with Gasteiger partial charge in [0.2, 0.25) is 0 Å². The molecule has 0 aliphatic carbocycles. The Bertz CT molecular complexity index is 820. The van der Waals surface area contributed by atoms with Crippen LogP contribution < -0.4 is 4.74 Å². The number of ether oxygens (including phenoxy) is 2. The Hall–Kier alpha value is -2.04. The molecule has 1 aromatic rings. The van der Waals surface area contributed by atoms with Crippen LogP contribution >= 0.6 is 0 Å². The van der Waals surface area contributed by atoms with Gasteiger partial charge in [0.15, 0.2) is 0 Å². The van der Waals surface area contributed by atoms with Crippen LogP contribution in [0.15, 0.2) is 59.9 Å². The molecule has 1 aromatic carbocycles. The molecule has 0 radical (unpaired) electrons. The summed E-state index contributed by atoms with van der Waals surface area (Å²) in [5.74, 6) is 2.17. The van der Waals surface area contributed by atoms with Crippen molar-refractivity contribution in [2.75, 3.05) is 46.4 Å². The molecule has 4 nitrogen and oxygen atoms in total. The average molecular weight is 437 g/mol. The van der Waals surface area contributed by atoms with Crippen LogP contribution in [0.3, 0.4) is 0 Å². The van der Waals surface area contributed by atoms with Crippen LogP contribution in [0.2, 0.25) is 0 Å². The van der Waals surface area contributed by atoms with Gasteiger partial charge in [-0.2, -0.15) is 0 Å². The van der Waals surface area contributed by atoms with Crippen molar-refractivity contribution in [2.24, 2.45) is 0 Å². The summed E-state index contributed by atoms with van der Waals surface area (Å²) in [7, 11) is 1.72. The largest absolute Gasteiger partial charge is 0.497 e. The fourth-order valence-electron chi connectivity index (χ4n) is 5.77. The lowest BCUT2D eigenvalue weighted by atomic mass is 9.78. The summed E-state index contributed by atoms with van der Waals surface area (Å²) in [6.07, 6.45) is 11.9. The SMILES string of the molecule is C=C/C(OCCCN1CCCCC1)=C1\C(=C/C)C2CCCN2C[C@@H]1c1ccc(OC)cc1. The zero-order valence-electron chi connectivity index (χ0n) is 20.0. The highest BCUT2D eigenvalue weighted by Gasteiger charge is 2.40. The molecule has 2 atom stereocenters. The Labute approximate surface area is 194 Å². The molecule has 0 spiro atoms. The van der Waals surface area contributed by atoms with Crippen molar-refractivity contribution >= 4 is 0 Å². The van der Waals surface area contributed by atoms with Gasteiger partial charge < -0.3 is 14.4 Å². The standard InChI is InChI=1S/C28H40N2O2/c1-4-24-26-11-9-19-30(26)21-25(22-12-14-23(31-3)15-13-22)28(24)27(5-2)32-20-10-18-29-16-7-6-8-17-29/h4-5,12-15,25-26H,2,6-11,16-21H2,1,3H3/b24-4-,28-27-/t25-,26?/m1/s1. The normalized spacial score (nSPS) is 27.2. The first kappa shape index (κ1) is 23.1. The first-order valence-electron chi connectivity index (χ1n) is 12.5. The van der Waals surface area contributed by atoms with Crippen molar-refractivity contribution in [3.8, 4) is 5.75 Å². The van der Waals surface area contributed by atoms with Gasteiger partial charge >= 0.3 is 0 Å². The zero-order valence-corrected chi connectivity index (χ0v) is 20.0. The average Bonchev–Trinajstić information content (AvgIpc) is 3.32. The van der Waals surface area contributed by atoms with Crippen LogP contribution in [0, 0.1) is 0 Å². The summed E-state index contributed by atoms with van der Waals surface area (Å²) in [5, 5.41) is 0. The molecular formula is C28H40N2O2. The minimum atomic E-state index is 0.288. The highest BCUT2D eigenvalue weighted by molar-refractivity contribution is 5.51. The van der Waals surface area contributed by atoms with Crippen molar-refractivity contribution in [3.63, 3.8) is 0 Å². The lowest BCUT2D eigenvalue weighted by molar-refractivity contribution is 0.170. The summed E-state index contributed by atoms with van der Waals surface area (Å²) in [5.41, 5.74) is 4.09. The molecule has 3 aliphatic heterocycles. The Balaban J connectivity index is 1.56. The van der Waals surface area contributed by atoms with Gasteiger partial charge in [-0.15, -0.1) is 0 Å². The Morgan fingerprint density at radius 3 is 2.56 bits per heavy atom. The van der Waals surface area contributed by atoms with Crippen LogP contribution in [0.5, 0.6) is 5.75 Å². The van der Waals surface area contributed by atoms with E-state index in [-0.39, 0.29) is 5.92 Å². The molecule has 3 heterocycles. The third-order valence-corrected chi connectivity index (χ3v) is 7.40. The molecule has 1 unspecified atom stereocenters. The second-order valence-corrected chi connectivity index (χ2v) is 9.31. The van der Waals surface area contributed by atoms with Gasteiger partial charge in [0.05, 0.1) is 13.7 Å². The molecule has 0 aromatic heterocycles. The molecule has 0 saturated carbocycles. The van der Waals surface area contributed by atoms with E-state index >= 15 is 0 Å². The zero-order chi connectivity index (χ0) is 22.3. The number of likely N-dealkylation sites (tertiary alicyclic amines) is 1. The maximum atomic E-state index is 6.45. The molecular weight excluding hydrogens is 396 g/mol. The lowest BCUT2D eigenvalue weighted by Crippen LogP contribution is -2.41. The first-order chi connectivity index (χ1) is 15.7. The Morgan fingerprint density at radius 1 is 1.09 bits per heavy atom. The van der Waals surface area contributed by atoms with E-state index < -0.39 is 0 Å². The van der Waals surface area contributed by atoms with Crippen LogP contribution in [-0.2, 0) is 4.74 Å². The first-order valence-corrected chi connectivity index (χ1v) is 12.5. The number of fused-ring (bicyclic) bond motifs is 1. The maximum absolute atomic E-state index is 6.45. The lowest BCUT2D eigenvalue weighted by Gasteiger charge is -2.40. The molecule has 32 heavy (non-hydrogen) atoms. The number of piperidine rings is 2. The molecule has 3 saturated heterocycles. The van der Waals surface area contributed by atoms with Gasteiger partial charge in [0, 0.05) is 30.6 Å². The summed E-state index contributed by atoms with van der Waals surface area (Å²) < 4.78 is 11.9. The van der Waals surface area contributed by atoms with E-state index in [4.69, 9.17) is 9.47 Å². The highest BCUT2D eigenvalue weighted by Crippen LogP contribution is 2.44. The minimum Gasteiger partial charge on any atom is -0.497 e. The van der Waals surface area contributed by atoms with Crippen LogP contribution in [0.4, 0.5) is 0 Å². The Kier molecular flexibility index (Phi) is 8.10. The van der Waals surface area contributed by atoms with Crippen molar-refractivity contribution in [3.05, 3.63) is 65.5 Å². The van der Waals surface area contributed by atoms with Crippen LogP contribution in [-0.4, -0.2) is 62.3 Å². The fraction of sp³-hybridized carbons (Fsp3) is 0.571. The summed E-state index contributed by atoms with van der Waals surface area (Å²) in [6, 6.07) is 9.09. The Morgan fingerprint density at radius 2 is 1.88 bits per heavy atom. The number of allylic oxidation sites excluding steroid dienone is 2. The third kappa shape index (κ3) is 5.13. The number of nitrogens with zero attached hydrogens (tertiary/aromatic N) is 2. The van der Waals surface area contributed by atoms with E-state index in [2.05, 4.69) is 53.6 Å². The summed E-state index contributed by atoms with van der Waals surface area (Å²) >= 11 is 0.